The van der Waals surface area contributed by atoms with Crippen molar-refractivity contribution in [2.24, 2.45) is 0 Å². The molecule has 2 aromatic heterocycles. The topological polar surface area (TPSA) is 57.0 Å². The predicted octanol–water partition coefficient (Wildman–Crippen LogP) is 4.35. The van der Waals surface area contributed by atoms with Gasteiger partial charge in [-0.05, 0) is 54.6 Å². The number of halogens is 1. The van der Waals surface area contributed by atoms with Gasteiger partial charge in [0.15, 0.2) is 6.10 Å². The molecular formula is C22H16FN3O2. The Balaban J connectivity index is 1.60. The van der Waals surface area contributed by atoms with E-state index in [4.69, 9.17) is 4.74 Å². The molecule has 4 rings (SSSR count). The van der Waals surface area contributed by atoms with E-state index >= 15 is 0 Å². The third-order valence-corrected chi connectivity index (χ3v) is 4.20. The number of benzene rings is 2. The van der Waals surface area contributed by atoms with Crippen molar-refractivity contribution >= 4 is 5.97 Å². The van der Waals surface area contributed by atoms with Gasteiger partial charge >= 0.3 is 5.97 Å². The van der Waals surface area contributed by atoms with Crippen LogP contribution in [-0.2, 0) is 4.74 Å². The van der Waals surface area contributed by atoms with Crippen LogP contribution in [0.3, 0.4) is 0 Å². The van der Waals surface area contributed by atoms with Gasteiger partial charge in [-0.15, -0.1) is 0 Å². The fraction of sp³-hybridized carbons (Fsp3) is 0.0455. The second-order valence-corrected chi connectivity index (χ2v) is 6.09. The minimum Gasteiger partial charge on any atom is -0.447 e. The van der Waals surface area contributed by atoms with Crippen molar-refractivity contribution in [3.63, 3.8) is 0 Å². The number of esters is 1. The summed E-state index contributed by atoms with van der Waals surface area (Å²) in [5.41, 5.74) is 2.25. The summed E-state index contributed by atoms with van der Waals surface area (Å²) in [6.45, 7) is 0. The molecular weight excluding hydrogens is 357 g/mol. The molecule has 0 bridgehead atoms. The lowest BCUT2D eigenvalue weighted by Crippen LogP contribution is -2.14. The smallest absolute Gasteiger partial charge is 0.339 e. The van der Waals surface area contributed by atoms with Gasteiger partial charge in [-0.2, -0.15) is 5.10 Å². The highest BCUT2D eigenvalue weighted by Crippen LogP contribution is 2.26. The van der Waals surface area contributed by atoms with Crippen LogP contribution in [0.4, 0.5) is 4.39 Å². The Hall–Kier alpha value is -3.80. The highest BCUT2D eigenvalue weighted by atomic mass is 19.1. The molecule has 2 aromatic carbocycles. The lowest BCUT2D eigenvalue weighted by Gasteiger charge is -2.18. The SMILES string of the molecule is O=C(OC(c1cccc(F)c1)c1ccccn1)c1ccc(-n2cccn2)cc1. The Morgan fingerprint density at radius 2 is 1.82 bits per heavy atom. The zero-order valence-corrected chi connectivity index (χ0v) is 14.8. The lowest BCUT2D eigenvalue weighted by molar-refractivity contribution is 0.0370. The first-order valence-corrected chi connectivity index (χ1v) is 8.68. The second kappa shape index (κ2) is 7.84. The van der Waals surface area contributed by atoms with Crippen molar-refractivity contribution in [2.45, 2.75) is 6.10 Å². The molecule has 1 unspecified atom stereocenters. The largest absolute Gasteiger partial charge is 0.447 e. The van der Waals surface area contributed by atoms with Crippen molar-refractivity contribution < 1.29 is 13.9 Å². The summed E-state index contributed by atoms with van der Waals surface area (Å²) in [7, 11) is 0. The molecule has 0 aliphatic heterocycles. The predicted molar refractivity (Wildman–Crippen MR) is 101 cm³/mol. The molecule has 0 aliphatic carbocycles. The Kier molecular flexibility index (Phi) is 4.93. The van der Waals surface area contributed by atoms with Crippen molar-refractivity contribution in [3.05, 3.63) is 114 Å². The van der Waals surface area contributed by atoms with Gasteiger partial charge in [0.05, 0.1) is 16.9 Å². The van der Waals surface area contributed by atoms with E-state index < -0.39 is 17.9 Å². The fourth-order valence-electron chi connectivity index (χ4n) is 2.85. The normalized spacial score (nSPS) is 11.8. The van der Waals surface area contributed by atoms with Crippen molar-refractivity contribution in [1.82, 2.24) is 14.8 Å². The maximum Gasteiger partial charge on any atom is 0.339 e. The van der Waals surface area contributed by atoms with Gasteiger partial charge in [0.2, 0.25) is 0 Å². The molecule has 0 saturated carbocycles. The van der Waals surface area contributed by atoms with Crippen LogP contribution in [0.1, 0.15) is 27.7 Å². The first kappa shape index (κ1) is 17.6. The van der Waals surface area contributed by atoms with Crippen LogP contribution in [-0.4, -0.2) is 20.7 Å². The quantitative estimate of drug-likeness (QED) is 0.488. The summed E-state index contributed by atoms with van der Waals surface area (Å²) in [5.74, 6) is -0.926. The van der Waals surface area contributed by atoms with E-state index in [1.807, 2.05) is 12.3 Å². The molecule has 1 atom stereocenters. The Morgan fingerprint density at radius 3 is 2.50 bits per heavy atom. The minimum absolute atomic E-state index is 0.383. The molecule has 0 N–H and O–H groups in total. The first-order valence-electron chi connectivity index (χ1n) is 8.68. The average Bonchev–Trinajstić information content (AvgIpc) is 3.27. The Morgan fingerprint density at radius 1 is 0.964 bits per heavy atom. The molecule has 0 aliphatic rings. The van der Waals surface area contributed by atoms with Gasteiger partial charge in [-0.3, -0.25) is 4.98 Å². The van der Waals surface area contributed by atoms with Crippen LogP contribution in [0, 0.1) is 5.82 Å². The molecule has 0 fully saturated rings. The van der Waals surface area contributed by atoms with Crippen LogP contribution in [0.5, 0.6) is 0 Å². The number of rotatable bonds is 5. The number of hydrogen-bond donors (Lipinski definition) is 0. The van der Waals surface area contributed by atoms with Gasteiger partial charge < -0.3 is 4.74 Å². The van der Waals surface area contributed by atoms with E-state index in [1.54, 1.807) is 71.7 Å². The standard InChI is InChI=1S/C22H16FN3O2/c23-18-6-3-5-17(15-18)21(20-7-1-2-12-24-20)28-22(27)16-8-10-19(11-9-16)26-14-4-13-25-26/h1-15,21H. The summed E-state index contributed by atoms with van der Waals surface area (Å²) in [6.07, 6.45) is 4.29. The molecule has 0 radical (unpaired) electrons. The number of carbonyl (C=O) groups is 1. The Labute approximate surface area is 161 Å². The van der Waals surface area contributed by atoms with Gasteiger partial charge in [0.25, 0.3) is 0 Å². The summed E-state index contributed by atoms with van der Waals surface area (Å²) in [6, 6.07) is 20.0. The van der Waals surface area contributed by atoms with E-state index in [0.717, 1.165) is 5.69 Å². The van der Waals surface area contributed by atoms with Crippen molar-refractivity contribution in [2.75, 3.05) is 0 Å². The molecule has 138 valence electrons. The molecule has 0 spiro atoms. The van der Waals surface area contributed by atoms with Crippen molar-refractivity contribution in [3.8, 4) is 5.69 Å². The van der Waals surface area contributed by atoms with E-state index in [2.05, 4.69) is 10.1 Å². The van der Waals surface area contributed by atoms with Gasteiger partial charge in [0.1, 0.15) is 5.82 Å². The van der Waals surface area contributed by atoms with Crippen LogP contribution in [0.15, 0.2) is 91.4 Å². The van der Waals surface area contributed by atoms with E-state index in [-0.39, 0.29) is 0 Å². The molecule has 4 aromatic rings. The summed E-state index contributed by atoms with van der Waals surface area (Å²) in [4.78, 5) is 17.0. The van der Waals surface area contributed by atoms with Gasteiger partial charge in [0, 0.05) is 24.2 Å². The number of pyridine rings is 1. The first-order chi connectivity index (χ1) is 13.7. The molecule has 28 heavy (non-hydrogen) atoms. The third-order valence-electron chi connectivity index (χ3n) is 4.20. The maximum absolute atomic E-state index is 13.7. The Bertz CT molecular complexity index is 1060. The number of nitrogens with zero attached hydrogens (tertiary/aromatic N) is 3. The number of ether oxygens (including phenoxy) is 1. The van der Waals surface area contributed by atoms with E-state index in [1.165, 1.54) is 12.1 Å². The van der Waals surface area contributed by atoms with Crippen LogP contribution >= 0.6 is 0 Å². The highest BCUT2D eigenvalue weighted by Gasteiger charge is 2.21. The van der Waals surface area contributed by atoms with E-state index in [9.17, 15) is 9.18 Å². The number of carbonyl (C=O) groups excluding carboxylic acids is 1. The molecule has 6 heteroatoms. The maximum atomic E-state index is 13.7. The van der Waals surface area contributed by atoms with E-state index in [0.29, 0.717) is 16.8 Å². The van der Waals surface area contributed by atoms with Crippen LogP contribution in [0.2, 0.25) is 0 Å². The molecule has 2 heterocycles. The lowest BCUT2D eigenvalue weighted by atomic mass is 10.1. The minimum atomic E-state index is -0.810. The number of aromatic nitrogens is 3. The zero-order valence-electron chi connectivity index (χ0n) is 14.8. The van der Waals surface area contributed by atoms with Gasteiger partial charge in [-0.25, -0.2) is 13.9 Å². The van der Waals surface area contributed by atoms with Crippen LogP contribution in [0.25, 0.3) is 5.69 Å². The molecule has 0 saturated heterocycles. The number of hydrogen-bond acceptors (Lipinski definition) is 4. The monoisotopic (exact) mass is 373 g/mol. The fourth-order valence-corrected chi connectivity index (χ4v) is 2.85. The van der Waals surface area contributed by atoms with Gasteiger partial charge in [-0.1, -0.05) is 18.2 Å². The molecule has 0 amide bonds. The molecule has 5 nitrogen and oxygen atoms in total. The zero-order chi connectivity index (χ0) is 19.3. The second-order valence-electron chi connectivity index (χ2n) is 6.09. The van der Waals surface area contributed by atoms with Crippen LogP contribution < -0.4 is 0 Å². The average molecular weight is 373 g/mol. The third kappa shape index (κ3) is 3.81. The highest BCUT2D eigenvalue weighted by molar-refractivity contribution is 5.89. The summed E-state index contributed by atoms with van der Waals surface area (Å²) in [5, 5.41) is 4.15. The summed E-state index contributed by atoms with van der Waals surface area (Å²) < 4.78 is 21.1. The van der Waals surface area contributed by atoms with Crippen molar-refractivity contribution in [1.29, 1.82) is 0 Å². The summed E-state index contributed by atoms with van der Waals surface area (Å²) >= 11 is 0.